The molecule has 3 rings (SSSR count). The summed E-state index contributed by atoms with van der Waals surface area (Å²) in [6.07, 6.45) is 2.60. The van der Waals surface area contributed by atoms with Crippen LogP contribution in [0.1, 0.15) is 16.8 Å². The van der Waals surface area contributed by atoms with E-state index in [1.165, 1.54) is 0 Å². The van der Waals surface area contributed by atoms with E-state index in [2.05, 4.69) is 16.9 Å². The zero-order chi connectivity index (χ0) is 16.1. The van der Waals surface area contributed by atoms with Crippen LogP contribution in [-0.4, -0.2) is 53.9 Å². The van der Waals surface area contributed by atoms with Crippen molar-refractivity contribution >= 4 is 5.91 Å². The van der Waals surface area contributed by atoms with Crippen LogP contribution in [-0.2, 0) is 0 Å². The number of hydrogen-bond acceptors (Lipinski definition) is 4. The van der Waals surface area contributed by atoms with Gasteiger partial charge in [0.1, 0.15) is 5.75 Å². The predicted octanol–water partition coefficient (Wildman–Crippen LogP) is 2.65. The first kappa shape index (κ1) is 15.5. The lowest BCUT2D eigenvalue weighted by Crippen LogP contribution is -2.34. The molecule has 23 heavy (non-hydrogen) atoms. The summed E-state index contributed by atoms with van der Waals surface area (Å²) in [7, 11) is 2.09. The highest BCUT2D eigenvalue weighted by molar-refractivity contribution is 5.94. The number of ether oxygens (including phenoxy) is 1. The molecule has 1 fully saturated rings. The molecule has 0 aliphatic carbocycles. The number of rotatable bonds is 3. The molecule has 2 heterocycles. The highest BCUT2D eigenvalue weighted by Crippen LogP contribution is 2.19. The third-order valence-electron chi connectivity index (χ3n) is 3.96. The lowest BCUT2D eigenvalue weighted by molar-refractivity contribution is 0.0762. The number of hydrogen-bond donors (Lipinski definition) is 0. The molecule has 1 amide bonds. The normalized spacial score (nSPS) is 16.0. The molecule has 0 atom stereocenters. The molecule has 1 aromatic heterocycles. The Balaban J connectivity index is 1.65. The number of aromatic nitrogens is 1. The molecule has 1 saturated heterocycles. The molecule has 1 aromatic carbocycles. The first-order valence-corrected chi connectivity index (χ1v) is 7.89. The van der Waals surface area contributed by atoms with E-state index >= 15 is 0 Å². The molecule has 5 heteroatoms. The maximum atomic E-state index is 12.6. The van der Waals surface area contributed by atoms with Gasteiger partial charge in [0.05, 0.1) is 5.56 Å². The van der Waals surface area contributed by atoms with E-state index in [0.29, 0.717) is 11.4 Å². The molecule has 0 radical (unpaired) electrons. The van der Waals surface area contributed by atoms with Crippen LogP contribution < -0.4 is 4.74 Å². The van der Waals surface area contributed by atoms with Crippen molar-refractivity contribution in [1.82, 2.24) is 14.8 Å². The van der Waals surface area contributed by atoms with Crippen LogP contribution in [0.2, 0.25) is 0 Å². The Bertz CT molecular complexity index is 643. The average Bonchev–Trinajstić information content (AvgIpc) is 2.80. The predicted molar refractivity (Wildman–Crippen MR) is 88.8 cm³/mol. The summed E-state index contributed by atoms with van der Waals surface area (Å²) in [6, 6.07) is 13.0. The second-order valence-electron chi connectivity index (χ2n) is 5.75. The number of likely N-dealkylation sites (N-methyl/N-ethyl adjacent to an activating group) is 1. The molecule has 0 saturated carbocycles. The van der Waals surface area contributed by atoms with E-state index in [1.54, 1.807) is 18.3 Å². The summed E-state index contributed by atoms with van der Waals surface area (Å²) in [5.41, 5.74) is 0.606. The van der Waals surface area contributed by atoms with E-state index in [4.69, 9.17) is 4.74 Å². The summed E-state index contributed by atoms with van der Waals surface area (Å²) < 4.78 is 5.65. The monoisotopic (exact) mass is 311 g/mol. The Labute approximate surface area is 136 Å². The van der Waals surface area contributed by atoms with E-state index < -0.39 is 0 Å². The van der Waals surface area contributed by atoms with Gasteiger partial charge in [-0.15, -0.1) is 0 Å². The van der Waals surface area contributed by atoms with Gasteiger partial charge < -0.3 is 14.5 Å². The van der Waals surface area contributed by atoms with Gasteiger partial charge in [-0.2, -0.15) is 0 Å². The van der Waals surface area contributed by atoms with E-state index in [1.807, 2.05) is 35.2 Å². The van der Waals surface area contributed by atoms with Crippen LogP contribution in [0.4, 0.5) is 0 Å². The van der Waals surface area contributed by atoms with Crippen molar-refractivity contribution < 1.29 is 9.53 Å². The topological polar surface area (TPSA) is 45.7 Å². The fourth-order valence-electron chi connectivity index (χ4n) is 2.61. The fraction of sp³-hybridized carbons (Fsp3) is 0.333. The Morgan fingerprint density at radius 2 is 1.87 bits per heavy atom. The van der Waals surface area contributed by atoms with Gasteiger partial charge in [-0.1, -0.05) is 18.2 Å². The first-order valence-electron chi connectivity index (χ1n) is 7.89. The summed E-state index contributed by atoms with van der Waals surface area (Å²) >= 11 is 0. The van der Waals surface area contributed by atoms with E-state index in [-0.39, 0.29) is 5.91 Å². The minimum Gasteiger partial charge on any atom is -0.439 e. The smallest absolute Gasteiger partial charge is 0.255 e. The van der Waals surface area contributed by atoms with Gasteiger partial charge >= 0.3 is 0 Å². The molecule has 1 aliphatic heterocycles. The second kappa shape index (κ2) is 7.24. The summed E-state index contributed by atoms with van der Waals surface area (Å²) in [6.45, 7) is 3.50. The molecule has 0 bridgehead atoms. The summed E-state index contributed by atoms with van der Waals surface area (Å²) in [5, 5.41) is 0. The van der Waals surface area contributed by atoms with Crippen LogP contribution >= 0.6 is 0 Å². The Hall–Kier alpha value is -2.40. The van der Waals surface area contributed by atoms with Gasteiger partial charge in [0.15, 0.2) is 0 Å². The largest absolute Gasteiger partial charge is 0.439 e. The van der Waals surface area contributed by atoms with Gasteiger partial charge in [0.2, 0.25) is 5.88 Å². The van der Waals surface area contributed by atoms with Crippen molar-refractivity contribution in [3.63, 3.8) is 0 Å². The quantitative estimate of drug-likeness (QED) is 0.874. The Morgan fingerprint density at radius 1 is 1.04 bits per heavy atom. The zero-order valence-electron chi connectivity index (χ0n) is 13.3. The van der Waals surface area contributed by atoms with Gasteiger partial charge in [-0.3, -0.25) is 4.79 Å². The lowest BCUT2D eigenvalue weighted by Gasteiger charge is -2.20. The molecular formula is C18H21N3O2. The van der Waals surface area contributed by atoms with Gasteiger partial charge in [0.25, 0.3) is 5.91 Å². The second-order valence-corrected chi connectivity index (χ2v) is 5.75. The van der Waals surface area contributed by atoms with Crippen molar-refractivity contribution in [3.8, 4) is 11.6 Å². The number of nitrogens with zero attached hydrogens (tertiary/aromatic N) is 3. The molecular weight excluding hydrogens is 290 g/mol. The van der Waals surface area contributed by atoms with Crippen molar-refractivity contribution in [2.75, 3.05) is 33.2 Å². The average molecular weight is 311 g/mol. The third-order valence-corrected chi connectivity index (χ3v) is 3.96. The van der Waals surface area contributed by atoms with Crippen LogP contribution in [0.5, 0.6) is 11.6 Å². The van der Waals surface area contributed by atoms with Crippen molar-refractivity contribution in [3.05, 3.63) is 54.2 Å². The van der Waals surface area contributed by atoms with Crippen molar-refractivity contribution in [2.24, 2.45) is 0 Å². The summed E-state index contributed by atoms with van der Waals surface area (Å²) in [5.74, 6) is 1.26. The van der Waals surface area contributed by atoms with Crippen molar-refractivity contribution in [1.29, 1.82) is 0 Å². The molecule has 1 aliphatic rings. The number of amides is 1. The Kier molecular flexibility index (Phi) is 4.88. The number of carbonyl (C=O) groups is 1. The maximum absolute atomic E-state index is 12.6. The highest BCUT2D eigenvalue weighted by Gasteiger charge is 2.19. The SMILES string of the molecule is CN1CCCN(C(=O)c2ccc(Oc3ccccc3)nc2)CC1. The highest BCUT2D eigenvalue weighted by atomic mass is 16.5. The molecule has 0 unspecified atom stereocenters. The maximum Gasteiger partial charge on any atom is 0.255 e. The van der Waals surface area contributed by atoms with Crippen LogP contribution in [0.25, 0.3) is 0 Å². The molecule has 0 spiro atoms. The third kappa shape index (κ3) is 4.07. The Morgan fingerprint density at radius 3 is 2.61 bits per heavy atom. The fourth-order valence-corrected chi connectivity index (χ4v) is 2.61. The van der Waals surface area contributed by atoms with Gasteiger partial charge in [-0.05, 0) is 38.2 Å². The van der Waals surface area contributed by atoms with Crippen LogP contribution in [0.15, 0.2) is 48.7 Å². The van der Waals surface area contributed by atoms with E-state index in [0.717, 1.165) is 38.3 Å². The van der Waals surface area contributed by atoms with Gasteiger partial charge in [0, 0.05) is 31.9 Å². The van der Waals surface area contributed by atoms with Crippen molar-refractivity contribution in [2.45, 2.75) is 6.42 Å². The van der Waals surface area contributed by atoms with Crippen LogP contribution in [0.3, 0.4) is 0 Å². The van der Waals surface area contributed by atoms with E-state index in [9.17, 15) is 4.79 Å². The number of benzene rings is 1. The summed E-state index contributed by atoms with van der Waals surface area (Å²) in [4.78, 5) is 21.0. The minimum absolute atomic E-state index is 0.0408. The number of pyridine rings is 1. The molecule has 120 valence electrons. The molecule has 2 aromatic rings. The lowest BCUT2D eigenvalue weighted by atomic mass is 10.2. The number of para-hydroxylation sites is 1. The number of carbonyl (C=O) groups excluding carboxylic acids is 1. The van der Waals surface area contributed by atoms with Gasteiger partial charge in [-0.25, -0.2) is 4.98 Å². The minimum atomic E-state index is 0.0408. The molecule has 5 nitrogen and oxygen atoms in total. The molecule has 0 N–H and O–H groups in total. The zero-order valence-corrected chi connectivity index (χ0v) is 13.3. The standard InChI is InChI=1S/C18H21N3O2/c1-20-10-5-11-21(13-12-20)18(22)15-8-9-17(19-14-15)23-16-6-3-2-4-7-16/h2-4,6-9,14H,5,10-13H2,1H3. The first-order chi connectivity index (χ1) is 11.2. The van der Waals surface area contributed by atoms with Crippen LogP contribution in [0, 0.1) is 0 Å².